The van der Waals surface area contributed by atoms with Crippen molar-refractivity contribution >= 4 is 11.7 Å². The Morgan fingerprint density at radius 2 is 1.92 bits per heavy atom. The lowest BCUT2D eigenvalue weighted by Crippen LogP contribution is -2.30. The van der Waals surface area contributed by atoms with Crippen molar-refractivity contribution in [2.24, 2.45) is 0 Å². The molecule has 0 bridgehead atoms. The molecule has 1 heterocycles. The minimum Gasteiger partial charge on any atom is -0.481 e. The van der Waals surface area contributed by atoms with E-state index in [9.17, 15) is 4.79 Å². The zero-order chi connectivity index (χ0) is 17.9. The zero-order valence-corrected chi connectivity index (χ0v) is 15.2. The summed E-state index contributed by atoms with van der Waals surface area (Å²) in [7, 11) is 0. The average molecular weight is 330 g/mol. The van der Waals surface area contributed by atoms with Crippen LogP contribution in [0.4, 0.5) is 5.82 Å². The molecule has 0 saturated heterocycles. The Kier molecular flexibility index (Phi) is 5.32. The summed E-state index contributed by atoms with van der Waals surface area (Å²) >= 11 is 0. The molecule has 1 aromatic heterocycles. The highest BCUT2D eigenvalue weighted by Crippen LogP contribution is 2.25. The van der Waals surface area contributed by atoms with E-state index < -0.39 is 6.10 Å². The van der Waals surface area contributed by atoms with Crippen molar-refractivity contribution in [2.75, 3.05) is 5.32 Å². The predicted molar refractivity (Wildman–Crippen MR) is 94.5 cm³/mol. The summed E-state index contributed by atoms with van der Waals surface area (Å²) in [5.74, 6) is 1.94. The van der Waals surface area contributed by atoms with Gasteiger partial charge in [0.25, 0.3) is 5.91 Å². The molecule has 24 heavy (non-hydrogen) atoms. The number of carbonyl (C=O) groups excluding carboxylic acids is 1. The maximum Gasteiger partial charge on any atom is 0.266 e. The molecular formula is C19H26N2O3. The number of benzene rings is 1. The first kappa shape index (κ1) is 18.0. The lowest BCUT2D eigenvalue weighted by atomic mass is 9.93. The van der Waals surface area contributed by atoms with Gasteiger partial charge in [-0.1, -0.05) is 51.9 Å². The van der Waals surface area contributed by atoms with Crippen molar-refractivity contribution in [1.29, 1.82) is 0 Å². The molecule has 5 nitrogen and oxygen atoms in total. The number of amides is 1. The number of anilines is 1. The molecule has 0 aliphatic carbocycles. The number of rotatable bonds is 5. The van der Waals surface area contributed by atoms with Gasteiger partial charge in [-0.2, -0.15) is 0 Å². The van der Waals surface area contributed by atoms with Crippen LogP contribution in [-0.4, -0.2) is 17.2 Å². The number of hydrogen-bond acceptors (Lipinski definition) is 4. The molecule has 0 fully saturated rings. The van der Waals surface area contributed by atoms with Gasteiger partial charge in [0.05, 0.1) is 0 Å². The van der Waals surface area contributed by atoms with E-state index in [0.717, 1.165) is 5.76 Å². The van der Waals surface area contributed by atoms with E-state index in [2.05, 4.69) is 24.3 Å². The van der Waals surface area contributed by atoms with E-state index in [1.807, 2.05) is 45.0 Å². The minimum absolute atomic E-state index is 0.157. The fraction of sp³-hybridized carbons (Fsp3) is 0.474. The molecule has 5 heteroatoms. The molecule has 2 aromatic rings. The quantitative estimate of drug-likeness (QED) is 0.876. The standard InChI is InChI=1S/C19H26N2O3/c1-12(2)14-8-7-9-15(10-14)23-13(3)18(22)20-17-11-16(24-21-17)19(4,5)6/h7-13H,1-6H3,(H,20,21,22). The van der Waals surface area contributed by atoms with Crippen molar-refractivity contribution in [1.82, 2.24) is 5.16 Å². The molecule has 2 rings (SSSR count). The topological polar surface area (TPSA) is 64.4 Å². The number of nitrogens with zero attached hydrogens (tertiary/aromatic N) is 1. The zero-order valence-electron chi connectivity index (χ0n) is 15.2. The Balaban J connectivity index is 2.00. The van der Waals surface area contributed by atoms with Gasteiger partial charge in [0.15, 0.2) is 11.9 Å². The summed E-state index contributed by atoms with van der Waals surface area (Å²) in [6, 6.07) is 9.53. The van der Waals surface area contributed by atoms with Gasteiger partial charge in [0.1, 0.15) is 11.5 Å². The van der Waals surface area contributed by atoms with Crippen LogP contribution >= 0.6 is 0 Å². The predicted octanol–water partition coefficient (Wildman–Crippen LogP) is 4.50. The maximum atomic E-state index is 12.3. The summed E-state index contributed by atoms with van der Waals surface area (Å²) < 4.78 is 11.0. The molecule has 1 N–H and O–H groups in total. The van der Waals surface area contributed by atoms with E-state index in [1.165, 1.54) is 5.56 Å². The maximum absolute atomic E-state index is 12.3. The summed E-state index contributed by atoms with van der Waals surface area (Å²) in [6.07, 6.45) is -0.637. The summed E-state index contributed by atoms with van der Waals surface area (Å²) in [6.45, 7) is 12.0. The van der Waals surface area contributed by atoms with Crippen LogP contribution in [-0.2, 0) is 10.2 Å². The molecular weight excluding hydrogens is 304 g/mol. The van der Waals surface area contributed by atoms with Crippen LogP contribution in [0.15, 0.2) is 34.9 Å². The summed E-state index contributed by atoms with van der Waals surface area (Å²) in [4.78, 5) is 12.3. The third-order valence-corrected chi connectivity index (χ3v) is 3.71. The first-order valence-electron chi connectivity index (χ1n) is 8.21. The van der Waals surface area contributed by atoms with Gasteiger partial charge in [-0.05, 0) is 30.5 Å². The molecule has 130 valence electrons. The lowest BCUT2D eigenvalue weighted by Gasteiger charge is -2.15. The monoisotopic (exact) mass is 330 g/mol. The second-order valence-corrected chi connectivity index (χ2v) is 7.30. The molecule has 0 radical (unpaired) electrons. The molecule has 0 saturated carbocycles. The van der Waals surface area contributed by atoms with Crippen molar-refractivity contribution in [3.8, 4) is 5.75 Å². The minimum atomic E-state index is -0.637. The van der Waals surface area contributed by atoms with E-state index >= 15 is 0 Å². The second-order valence-electron chi connectivity index (χ2n) is 7.30. The van der Waals surface area contributed by atoms with Crippen LogP contribution in [0.3, 0.4) is 0 Å². The van der Waals surface area contributed by atoms with Gasteiger partial charge in [-0.3, -0.25) is 4.79 Å². The van der Waals surface area contributed by atoms with E-state index in [4.69, 9.17) is 9.26 Å². The van der Waals surface area contributed by atoms with Crippen LogP contribution in [0.25, 0.3) is 0 Å². The van der Waals surface area contributed by atoms with Gasteiger partial charge in [0, 0.05) is 11.5 Å². The highest BCUT2D eigenvalue weighted by atomic mass is 16.5. The smallest absolute Gasteiger partial charge is 0.266 e. The van der Waals surface area contributed by atoms with E-state index in [-0.39, 0.29) is 11.3 Å². The SMILES string of the molecule is CC(Oc1cccc(C(C)C)c1)C(=O)Nc1cc(C(C)(C)C)on1. The fourth-order valence-electron chi connectivity index (χ4n) is 2.12. The second kappa shape index (κ2) is 7.07. The average Bonchev–Trinajstić information content (AvgIpc) is 2.96. The van der Waals surface area contributed by atoms with Crippen LogP contribution in [0.5, 0.6) is 5.75 Å². The number of carbonyl (C=O) groups is 1. The lowest BCUT2D eigenvalue weighted by molar-refractivity contribution is -0.122. The van der Waals surface area contributed by atoms with Gasteiger partial charge in [-0.15, -0.1) is 0 Å². The van der Waals surface area contributed by atoms with Crippen molar-refractivity contribution in [2.45, 2.75) is 59.0 Å². The summed E-state index contributed by atoms with van der Waals surface area (Å²) in [5.41, 5.74) is 1.02. The van der Waals surface area contributed by atoms with Crippen LogP contribution in [0.2, 0.25) is 0 Å². The largest absolute Gasteiger partial charge is 0.481 e. The van der Waals surface area contributed by atoms with Gasteiger partial charge >= 0.3 is 0 Å². The highest BCUT2D eigenvalue weighted by molar-refractivity contribution is 5.93. The summed E-state index contributed by atoms with van der Waals surface area (Å²) in [5, 5.41) is 6.61. The number of nitrogens with one attached hydrogen (secondary N) is 1. The molecule has 1 amide bonds. The Morgan fingerprint density at radius 3 is 2.50 bits per heavy atom. The first-order chi connectivity index (χ1) is 11.2. The first-order valence-corrected chi connectivity index (χ1v) is 8.21. The Hall–Kier alpha value is -2.30. The molecule has 1 aromatic carbocycles. The fourth-order valence-corrected chi connectivity index (χ4v) is 2.12. The van der Waals surface area contributed by atoms with Crippen LogP contribution < -0.4 is 10.1 Å². The van der Waals surface area contributed by atoms with Gasteiger partial charge in [-0.25, -0.2) is 0 Å². The molecule has 0 aliphatic heterocycles. The molecule has 1 unspecified atom stereocenters. The van der Waals surface area contributed by atoms with Crippen molar-refractivity contribution in [3.63, 3.8) is 0 Å². The third kappa shape index (κ3) is 4.60. The Morgan fingerprint density at radius 1 is 1.21 bits per heavy atom. The van der Waals surface area contributed by atoms with Crippen LogP contribution in [0, 0.1) is 0 Å². The third-order valence-electron chi connectivity index (χ3n) is 3.71. The highest BCUT2D eigenvalue weighted by Gasteiger charge is 2.22. The normalized spacial score (nSPS) is 13.0. The van der Waals surface area contributed by atoms with E-state index in [1.54, 1.807) is 13.0 Å². The van der Waals surface area contributed by atoms with Crippen molar-refractivity contribution in [3.05, 3.63) is 41.7 Å². The molecule has 0 aliphatic rings. The van der Waals surface area contributed by atoms with Gasteiger partial charge in [0.2, 0.25) is 0 Å². The number of hydrogen-bond donors (Lipinski definition) is 1. The van der Waals surface area contributed by atoms with Crippen molar-refractivity contribution < 1.29 is 14.1 Å². The Labute approximate surface area is 143 Å². The molecule has 0 spiro atoms. The van der Waals surface area contributed by atoms with E-state index in [0.29, 0.717) is 17.5 Å². The van der Waals surface area contributed by atoms with Gasteiger partial charge < -0.3 is 14.6 Å². The number of aromatic nitrogens is 1. The Bertz CT molecular complexity index is 699. The number of ether oxygens (including phenoxy) is 1. The van der Waals surface area contributed by atoms with Crippen LogP contribution in [0.1, 0.15) is 58.8 Å². The molecule has 1 atom stereocenters.